The first-order valence-corrected chi connectivity index (χ1v) is 7.08. The van der Waals surface area contributed by atoms with Crippen LogP contribution in [0.3, 0.4) is 0 Å². The summed E-state index contributed by atoms with van der Waals surface area (Å²) in [7, 11) is 0. The Hall–Kier alpha value is -0.970. The van der Waals surface area contributed by atoms with Gasteiger partial charge in [-0.15, -0.1) is 0 Å². The van der Waals surface area contributed by atoms with E-state index in [0.717, 1.165) is 17.5 Å². The molecule has 0 saturated carbocycles. The van der Waals surface area contributed by atoms with Gasteiger partial charge in [0.1, 0.15) is 0 Å². The van der Waals surface area contributed by atoms with E-state index in [1.807, 2.05) is 34.9 Å². The predicted molar refractivity (Wildman–Crippen MR) is 73.3 cm³/mol. The third-order valence-corrected chi connectivity index (χ3v) is 3.84. The van der Waals surface area contributed by atoms with E-state index >= 15 is 0 Å². The highest BCUT2D eigenvalue weighted by atomic mass is 32.2. The molecule has 1 aliphatic heterocycles. The fourth-order valence-electron chi connectivity index (χ4n) is 1.76. The third kappa shape index (κ3) is 3.49. The summed E-state index contributed by atoms with van der Waals surface area (Å²) in [6, 6.07) is 2.77. The van der Waals surface area contributed by atoms with Crippen LogP contribution in [-0.4, -0.2) is 32.8 Å². The summed E-state index contributed by atoms with van der Waals surface area (Å²) >= 11 is 1.83. The Labute approximate surface area is 107 Å². The number of aromatic nitrogens is 2. The zero-order chi connectivity index (χ0) is 12.3. The number of thioether (sulfide) groups is 1. The van der Waals surface area contributed by atoms with Gasteiger partial charge in [0, 0.05) is 24.2 Å². The van der Waals surface area contributed by atoms with Crippen molar-refractivity contribution in [3.63, 3.8) is 0 Å². The van der Waals surface area contributed by atoms with Crippen LogP contribution in [0.5, 0.6) is 0 Å². The van der Waals surface area contributed by atoms with Gasteiger partial charge in [-0.1, -0.05) is 25.6 Å². The molecule has 0 amide bonds. The molecule has 0 spiro atoms. The summed E-state index contributed by atoms with van der Waals surface area (Å²) in [4.78, 5) is 4.70. The molecule has 1 aromatic rings. The Bertz CT molecular complexity index is 372. The maximum Gasteiger partial charge on any atom is 0.157 e. The summed E-state index contributed by atoms with van der Waals surface area (Å²) in [5.41, 5.74) is 0. The van der Waals surface area contributed by atoms with Gasteiger partial charge in [0.15, 0.2) is 5.17 Å². The number of nitrogens with one attached hydrogen (secondary N) is 1. The number of amidine groups is 1. The number of hydrogen-bond acceptors (Lipinski definition) is 4. The van der Waals surface area contributed by atoms with E-state index in [4.69, 9.17) is 4.99 Å². The largest absolute Gasteiger partial charge is 0.361 e. The van der Waals surface area contributed by atoms with E-state index in [1.165, 1.54) is 0 Å². The van der Waals surface area contributed by atoms with Crippen molar-refractivity contribution in [2.75, 3.05) is 5.75 Å². The zero-order valence-corrected chi connectivity index (χ0v) is 11.4. The van der Waals surface area contributed by atoms with Crippen molar-refractivity contribution in [2.45, 2.75) is 39.4 Å². The van der Waals surface area contributed by atoms with Gasteiger partial charge in [0.05, 0.1) is 12.6 Å². The molecule has 0 bridgehead atoms. The van der Waals surface area contributed by atoms with Gasteiger partial charge in [-0.25, -0.2) is 0 Å². The molecule has 94 valence electrons. The van der Waals surface area contributed by atoms with Crippen LogP contribution in [0.15, 0.2) is 23.5 Å². The van der Waals surface area contributed by atoms with Crippen molar-refractivity contribution < 1.29 is 0 Å². The second kappa shape index (κ2) is 5.58. The minimum Gasteiger partial charge on any atom is -0.361 e. The molecule has 2 rings (SSSR count). The Morgan fingerprint density at radius 3 is 2.94 bits per heavy atom. The van der Waals surface area contributed by atoms with E-state index in [2.05, 4.69) is 31.2 Å². The lowest BCUT2D eigenvalue weighted by atomic mass is 10.1. The van der Waals surface area contributed by atoms with Crippen LogP contribution < -0.4 is 5.32 Å². The first kappa shape index (κ1) is 12.5. The average Bonchev–Trinajstić information content (AvgIpc) is 2.88. The molecule has 0 aliphatic carbocycles. The molecular formula is C12H20N4S. The molecule has 0 fully saturated rings. The van der Waals surface area contributed by atoms with Crippen LogP contribution >= 0.6 is 11.8 Å². The molecule has 2 heterocycles. The Morgan fingerprint density at radius 1 is 1.53 bits per heavy atom. The fraction of sp³-hybridized carbons (Fsp3) is 0.667. The van der Waals surface area contributed by atoms with Crippen molar-refractivity contribution in [3.05, 3.63) is 18.5 Å². The van der Waals surface area contributed by atoms with Crippen LogP contribution in [0.2, 0.25) is 0 Å². The van der Waals surface area contributed by atoms with Gasteiger partial charge in [-0.3, -0.25) is 9.67 Å². The van der Waals surface area contributed by atoms with Gasteiger partial charge in [-0.2, -0.15) is 5.10 Å². The SMILES string of the molecule is CC(Cn1cccn1)NC1=N[C@@H](C(C)C)CS1. The Kier molecular flexibility index (Phi) is 4.10. The number of aliphatic imine (C=N–C) groups is 1. The van der Waals surface area contributed by atoms with E-state index in [0.29, 0.717) is 18.0 Å². The number of nitrogens with zero attached hydrogens (tertiary/aromatic N) is 3. The maximum atomic E-state index is 4.70. The van der Waals surface area contributed by atoms with Crippen molar-refractivity contribution in [2.24, 2.45) is 10.9 Å². The average molecular weight is 252 g/mol. The van der Waals surface area contributed by atoms with Crippen molar-refractivity contribution in [1.29, 1.82) is 0 Å². The van der Waals surface area contributed by atoms with Crippen LogP contribution in [0, 0.1) is 5.92 Å². The number of rotatable bonds is 4. The van der Waals surface area contributed by atoms with Gasteiger partial charge >= 0.3 is 0 Å². The first-order valence-electron chi connectivity index (χ1n) is 6.09. The van der Waals surface area contributed by atoms with E-state index < -0.39 is 0 Å². The highest BCUT2D eigenvalue weighted by Gasteiger charge is 2.21. The molecule has 17 heavy (non-hydrogen) atoms. The summed E-state index contributed by atoms with van der Waals surface area (Å²) < 4.78 is 1.94. The molecule has 1 N–H and O–H groups in total. The molecule has 0 aromatic carbocycles. The second-order valence-corrected chi connectivity index (χ2v) is 5.84. The summed E-state index contributed by atoms with van der Waals surface area (Å²) in [6.07, 6.45) is 3.79. The fourth-order valence-corrected chi connectivity index (χ4v) is 3.04. The normalized spacial score (nSPS) is 21.6. The van der Waals surface area contributed by atoms with Crippen LogP contribution in [0.4, 0.5) is 0 Å². The molecule has 5 heteroatoms. The lowest BCUT2D eigenvalue weighted by molar-refractivity contribution is 0.503. The lowest BCUT2D eigenvalue weighted by Gasteiger charge is -2.14. The van der Waals surface area contributed by atoms with Gasteiger partial charge in [0.25, 0.3) is 0 Å². The summed E-state index contributed by atoms with van der Waals surface area (Å²) in [6.45, 7) is 7.49. The second-order valence-electron chi connectivity index (χ2n) is 4.83. The van der Waals surface area contributed by atoms with E-state index in [9.17, 15) is 0 Å². The number of hydrogen-bond donors (Lipinski definition) is 1. The first-order chi connectivity index (χ1) is 8.15. The molecule has 4 nitrogen and oxygen atoms in total. The molecule has 1 aliphatic rings. The standard InChI is InChI=1S/C12H20N4S/c1-9(2)11-8-17-12(15-11)14-10(3)7-16-6-4-5-13-16/h4-6,9-11H,7-8H2,1-3H3,(H,14,15)/t10?,11-/m1/s1. The summed E-state index contributed by atoms with van der Waals surface area (Å²) in [5.74, 6) is 1.73. The molecule has 1 aromatic heterocycles. The minimum absolute atomic E-state index is 0.354. The van der Waals surface area contributed by atoms with Crippen LogP contribution in [0.25, 0.3) is 0 Å². The highest BCUT2D eigenvalue weighted by Crippen LogP contribution is 2.22. The molecular weight excluding hydrogens is 232 g/mol. The zero-order valence-electron chi connectivity index (χ0n) is 10.6. The quantitative estimate of drug-likeness (QED) is 0.891. The maximum absolute atomic E-state index is 4.70. The predicted octanol–water partition coefficient (Wildman–Crippen LogP) is 1.99. The van der Waals surface area contributed by atoms with Crippen molar-refractivity contribution in [1.82, 2.24) is 15.1 Å². The molecule has 0 radical (unpaired) electrons. The van der Waals surface area contributed by atoms with E-state index in [-0.39, 0.29) is 0 Å². The molecule has 1 unspecified atom stereocenters. The van der Waals surface area contributed by atoms with Gasteiger partial charge in [-0.05, 0) is 18.9 Å². The minimum atomic E-state index is 0.354. The van der Waals surface area contributed by atoms with Crippen molar-refractivity contribution >= 4 is 16.9 Å². The summed E-state index contributed by atoms with van der Waals surface area (Å²) in [5, 5.41) is 8.74. The van der Waals surface area contributed by atoms with Crippen LogP contribution in [-0.2, 0) is 6.54 Å². The van der Waals surface area contributed by atoms with Gasteiger partial charge < -0.3 is 5.32 Å². The molecule has 2 atom stereocenters. The van der Waals surface area contributed by atoms with E-state index in [1.54, 1.807) is 0 Å². The topological polar surface area (TPSA) is 42.2 Å². The Balaban J connectivity index is 1.83. The van der Waals surface area contributed by atoms with Gasteiger partial charge in [0.2, 0.25) is 0 Å². The smallest absolute Gasteiger partial charge is 0.157 e. The van der Waals surface area contributed by atoms with Crippen LogP contribution in [0.1, 0.15) is 20.8 Å². The monoisotopic (exact) mass is 252 g/mol. The Morgan fingerprint density at radius 2 is 2.35 bits per heavy atom. The third-order valence-electron chi connectivity index (χ3n) is 2.83. The lowest BCUT2D eigenvalue weighted by Crippen LogP contribution is -2.33. The molecule has 0 saturated heterocycles. The van der Waals surface area contributed by atoms with Crippen molar-refractivity contribution in [3.8, 4) is 0 Å². The highest BCUT2D eigenvalue weighted by molar-refractivity contribution is 8.14.